The topological polar surface area (TPSA) is 79.0 Å². The van der Waals surface area contributed by atoms with Crippen molar-refractivity contribution in [2.45, 2.75) is 45.2 Å². The molecule has 0 spiro atoms. The predicted molar refractivity (Wildman–Crippen MR) is 110 cm³/mol. The zero-order valence-corrected chi connectivity index (χ0v) is 17.9. The van der Waals surface area contributed by atoms with Crippen LogP contribution in [0.3, 0.4) is 0 Å². The summed E-state index contributed by atoms with van der Waals surface area (Å²) in [6.45, 7) is 5.48. The van der Waals surface area contributed by atoms with Crippen molar-refractivity contribution in [3.05, 3.63) is 28.8 Å². The maximum absolute atomic E-state index is 12.9. The summed E-state index contributed by atoms with van der Waals surface area (Å²) in [7, 11) is 1.52. The second kappa shape index (κ2) is 9.03. The molecule has 2 aliphatic rings. The summed E-state index contributed by atoms with van der Waals surface area (Å²) in [5.41, 5.74) is 0.445. The van der Waals surface area contributed by atoms with Gasteiger partial charge in [0.1, 0.15) is 5.75 Å². The summed E-state index contributed by atoms with van der Waals surface area (Å²) < 4.78 is 5.28. The highest BCUT2D eigenvalue weighted by Gasteiger charge is 2.36. The van der Waals surface area contributed by atoms with E-state index in [2.05, 4.69) is 5.32 Å². The molecule has 3 rings (SSSR count). The van der Waals surface area contributed by atoms with Gasteiger partial charge in [0.25, 0.3) is 5.91 Å². The standard InChI is InChI=1S/C21H28ClN3O4/c1-13(2)25-12-14(10-19(25)26)20(27)23-16-6-8-24(9-7-16)21(28)17-11-15(22)4-5-18(17)29-3/h4-5,11,13-14,16H,6-10,12H2,1-3H3,(H,23,27). The number of likely N-dealkylation sites (tertiary alicyclic amines) is 2. The van der Waals surface area contributed by atoms with Gasteiger partial charge in [0.05, 0.1) is 18.6 Å². The third kappa shape index (κ3) is 4.83. The van der Waals surface area contributed by atoms with E-state index in [4.69, 9.17) is 16.3 Å². The molecule has 2 heterocycles. The van der Waals surface area contributed by atoms with Gasteiger partial charge >= 0.3 is 0 Å². The van der Waals surface area contributed by atoms with Crippen molar-refractivity contribution < 1.29 is 19.1 Å². The lowest BCUT2D eigenvalue weighted by molar-refractivity contribution is -0.130. The molecule has 1 aromatic rings. The van der Waals surface area contributed by atoms with Crippen molar-refractivity contribution in [1.82, 2.24) is 15.1 Å². The second-order valence-corrected chi connectivity index (χ2v) is 8.40. The summed E-state index contributed by atoms with van der Waals surface area (Å²) in [6.07, 6.45) is 1.62. The molecule has 0 bridgehead atoms. The van der Waals surface area contributed by atoms with Crippen LogP contribution in [0.15, 0.2) is 18.2 Å². The molecule has 2 aliphatic heterocycles. The first-order valence-electron chi connectivity index (χ1n) is 10.0. The molecular weight excluding hydrogens is 394 g/mol. The number of ether oxygens (including phenoxy) is 1. The largest absolute Gasteiger partial charge is 0.496 e. The monoisotopic (exact) mass is 421 g/mol. The number of carbonyl (C=O) groups is 3. The summed E-state index contributed by atoms with van der Waals surface area (Å²) >= 11 is 6.04. The highest BCUT2D eigenvalue weighted by atomic mass is 35.5. The molecule has 0 saturated carbocycles. The number of piperidine rings is 1. The number of amides is 3. The number of carbonyl (C=O) groups excluding carboxylic acids is 3. The van der Waals surface area contributed by atoms with Crippen LogP contribution in [0.1, 0.15) is 43.5 Å². The van der Waals surface area contributed by atoms with E-state index in [1.54, 1.807) is 28.0 Å². The fourth-order valence-electron chi connectivity index (χ4n) is 3.97. The van der Waals surface area contributed by atoms with Crippen LogP contribution >= 0.6 is 11.6 Å². The Morgan fingerprint density at radius 1 is 1.24 bits per heavy atom. The van der Waals surface area contributed by atoms with Crippen molar-refractivity contribution in [2.75, 3.05) is 26.7 Å². The average Bonchev–Trinajstić information content (AvgIpc) is 3.10. The van der Waals surface area contributed by atoms with E-state index in [0.29, 0.717) is 48.8 Å². The smallest absolute Gasteiger partial charge is 0.257 e. The Morgan fingerprint density at radius 2 is 1.93 bits per heavy atom. The number of rotatable bonds is 5. The van der Waals surface area contributed by atoms with E-state index in [1.165, 1.54) is 7.11 Å². The molecule has 7 nitrogen and oxygen atoms in total. The third-order valence-electron chi connectivity index (χ3n) is 5.67. The number of nitrogens with one attached hydrogen (secondary N) is 1. The van der Waals surface area contributed by atoms with Crippen LogP contribution in [0.5, 0.6) is 5.75 Å². The van der Waals surface area contributed by atoms with Gasteiger partial charge in [0.15, 0.2) is 0 Å². The zero-order valence-electron chi connectivity index (χ0n) is 17.1. The Labute approximate surface area is 176 Å². The number of nitrogens with zero attached hydrogens (tertiary/aromatic N) is 2. The van der Waals surface area contributed by atoms with Crippen LogP contribution < -0.4 is 10.1 Å². The molecule has 2 saturated heterocycles. The van der Waals surface area contributed by atoms with Crippen molar-refractivity contribution in [1.29, 1.82) is 0 Å². The fourth-order valence-corrected chi connectivity index (χ4v) is 4.14. The van der Waals surface area contributed by atoms with E-state index in [1.807, 2.05) is 13.8 Å². The molecule has 158 valence electrons. The fraction of sp³-hybridized carbons (Fsp3) is 0.571. The second-order valence-electron chi connectivity index (χ2n) is 7.96. The van der Waals surface area contributed by atoms with Crippen molar-refractivity contribution in [2.24, 2.45) is 5.92 Å². The molecule has 8 heteroatoms. The number of hydrogen-bond donors (Lipinski definition) is 1. The predicted octanol–water partition coefficient (Wildman–Crippen LogP) is 2.33. The van der Waals surface area contributed by atoms with Crippen molar-refractivity contribution in [3.63, 3.8) is 0 Å². The van der Waals surface area contributed by atoms with Gasteiger partial charge in [0, 0.05) is 43.2 Å². The minimum Gasteiger partial charge on any atom is -0.496 e. The summed E-state index contributed by atoms with van der Waals surface area (Å²) in [4.78, 5) is 41.0. The van der Waals surface area contributed by atoms with E-state index in [0.717, 1.165) is 0 Å². The Morgan fingerprint density at radius 3 is 2.52 bits per heavy atom. The number of hydrogen-bond acceptors (Lipinski definition) is 4. The van der Waals surface area contributed by atoms with Gasteiger partial charge in [-0.15, -0.1) is 0 Å². The van der Waals surface area contributed by atoms with Gasteiger partial charge in [-0.3, -0.25) is 14.4 Å². The quantitative estimate of drug-likeness (QED) is 0.791. The molecule has 1 atom stereocenters. The Balaban J connectivity index is 1.53. The van der Waals surface area contributed by atoms with Crippen molar-refractivity contribution >= 4 is 29.3 Å². The number of halogens is 1. The molecule has 0 aliphatic carbocycles. The molecule has 3 amide bonds. The first kappa shape index (κ1) is 21.4. The van der Waals surface area contributed by atoms with Gasteiger partial charge in [0.2, 0.25) is 11.8 Å². The molecule has 0 aromatic heterocycles. The summed E-state index contributed by atoms with van der Waals surface area (Å²) in [5.74, 6) is 0.0534. The van der Waals surface area contributed by atoms with Gasteiger partial charge in [-0.05, 0) is 44.9 Å². The minimum absolute atomic E-state index is 0.0102. The lowest BCUT2D eigenvalue weighted by Crippen LogP contribution is -2.48. The van der Waals surface area contributed by atoms with Crippen LogP contribution in [0.2, 0.25) is 5.02 Å². The highest BCUT2D eigenvalue weighted by Crippen LogP contribution is 2.26. The van der Waals surface area contributed by atoms with Gasteiger partial charge < -0.3 is 19.9 Å². The Bertz CT molecular complexity index is 790. The van der Waals surface area contributed by atoms with Gasteiger partial charge in [-0.1, -0.05) is 11.6 Å². The maximum Gasteiger partial charge on any atom is 0.257 e. The lowest BCUT2D eigenvalue weighted by atomic mass is 10.0. The van der Waals surface area contributed by atoms with E-state index >= 15 is 0 Å². The van der Waals surface area contributed by atoms with Crippen LogP contribution in [-0.4, -0.2) is 66.3 Å². The van der Waals surface area contributed by atoms with Gasteiger partial charge in [-0.25, -0.2) is 0 Å². The Kier molecular flexibility index (Phi) is 6.67. The van der Waals surface area contributed by atoms with Crippen LogP contribution in [0.4, 0.5) is 0 Å². The molecule has 29 heavy (non-hydrogen) atoms. The number of benzene rings is 1. The highest BCUT2D eigenvalue weighted by molar-refractivity contribution is 6.31. The first-order chi connectivity index (χ1) is 13.8. The molecule has 2 fully saturated rings. The molecule has 0 radical (unpaired) electrons. The number of methoxy groups -OCH3 is 1. The summed E-state index contributed by atoms with van der Waals surface area (Å²) in [5, 5.41) is 3.55. The average molecular weight is 422 g/mol. The lowest BCUT2D eigenvalue weighted by Gasteiger charge is -2.33. The molecule has 1 aromatic carbocycles. The first-order valence-corrected chi connectivity index (χ1v) is 10.4. The zero-order chi connectivity index (χ0) is 21.1. The van der Waals surface area contributed by atoms with E-state index in [9.17, 15) is 14.4 Å². The molecule has 1 N–H and O–H groups in total. The Hall–Kier alpha value is -2.28. The van der Waals surface area contributed by atoms with Crippen LogP contribution in [0.25, 0.3) is 0 Å². The minimum atomic E-state index is -0.291. The maximum atomic E-state index is 12.9. The molecule has 1 unspecified atom stereocenters. The normalized spacial score (nSPS) is 20.3. The van der Waals surface area contributed by atoms with E-state index < -0.39 is 0 Å². The van der Waals surface area contributed by atoms with Crippen LogP contribution in [0, 0.1) is 5.92 Å². The van der Waals surface area contributed by atoms with E-state index in [-0.39, 0.29) is 42.1 Å². The SMILES string of the molecule is COc1ccc(Cl)cc1C(=O)N1CCC(NC(=O)C2CC(=O)N(C(C)C)C2)CC1. The van der Waals surface area contributed by atoms with Crippen molar-refractivity contribution in [3.8, 4) is 5.75 Å². The van der Waals surface area contributed by atoms with Gasteiger partial charge in [-0.2, -0.15) is 0 Å². The molecular formula is C21H28ClN3O4. The third-order valence-corrected chi connectivity index (χ3v) is 5.91. The summed E-state index contributed by atoms with van der Waals surface area (Å²) in [6, 6.07) is 5.11. The van der Waals surface area contributed by atoms with Crippen LogP contribution in [-0.2, 0) is 9.59 Å².